The highest BCUT2D eigenvalue weighted by Gasteiger charge is 2.06. The van der Waals surface area contributed by atoms with Crippen molar-refractivity contribution in [3.05, 3.63) is 66.9 Å². The summed E-state index contributed by atoms with van der Waals surface area (Å²) >= 11 is 0. The minimum Gasteiger partial charge on any atom is -0.340 e. The number of pyridine rings is 1. The molecule has 4 aromatic rings. The summed E-state index contributed by atoms with van der Waals surface area (Å²) in [5.74, 6) is 1.39. The van der Waals surface area contributed by atoms with Crippen molar-refractivity contribution in [1.29, 1.82) is 0 Å². The normalized spacial score (nSPS) is 11.3. The van der Waals surface area contributed by atoms with E-state index in [0.717, 1.165) is 34.4 Å². The van der Waals surface area contributed by atoms with Gasteiger partial charge in [-0.15, -0.1) is 0 Å². The SMILES string of the molecule is CS(=O)(=O)Nc1ccc(Nc2cc(Nc3n[nH]c4ccccc34)ccn2)cc1. The van der Waals surface area contributed by atoms with Crippen molar-refractivity contribution in [2.75, 3.05) is 21.6 Å². The zero-order chi connectivity index (χ0) is 19.6. The summed E-state index contributed by atoms with van der Waals surface area (Å²) < 4.78 is 25.0. The van der Waals surface area contributed by atoms with Crippen LogP contribution in [0.3, 0.4) is 0 Å². The number of anilines is 5. The highest BCUT2D eigenvalue weighted by Crippen LogP contribution is 2.25. The van der Waals surface area contributed by atoms with Crippen molar-refractivity contribution < 1.29 is 8.42 Å². The first-order valence-electron chi connectivity index (χ1n) is 8.47. The number of aromatic nitrogens is 3. The quantitative estimate of drug-likeness (QED) is 0.396. The van der Waals surface area contributed by atoms with Gasteiger partial charge in [0.25, 0.3) is 0 Å². The molecular formula is C19H18N6O2S. The molecule has 2 aromatic carbocycles. The van der Waals surface area contributed by atoms with Crippen LogP contribution in [-0.4, -0.2) is 29.9 Å². The molecule has 0 bridgehead atoms. The average molecular weight is 394 g/mol. The summed E-state index contributed by atoms with van der Waals surface area (Å²) in [5, 5.41) is 14.8. The molecule has 0 fully saturated rings. The lowest BCUT2D eigenvalue weighted by Crippen LogP contribution is -2.09. The van der Waals surface area contributed by atoms with E-state index < -0.39 is 10.0 Å². The zero-order valence-corrected chi connectivity index (χ0v) is 15.8. The molecule has 0 radical (unpaired) electrons. The maximum atomic E-state index is 11.3. The molecule has 142 valence electrons. The Morgan fingerprint density at radius 1 is 0.893 bits per heavy atom. The van der Waals surface area contributed by atoms with Gasteiger partial charge in [-0.1, -0.05) is 12.1 Å². The third kappa shape index (κ3) is 4.21. The van der Waals surface area contributed by atoms with Crippen LogP contribution in [0, 0.1) is 0 Å². The number of sulfonamides is 1. The maximum absolute atomic E-state index is 11.3. The predicted molar refractivity (Wildman–Crippen MR) is 112 cm³/mol. The number of hydrogen-bond donors (Lipinski definition) is 4. The van der Waals surface area contributed by atoms with Gasteiger partial charge in [0.2, 0.25) is 10.0 Å². The molecule has 0 saturated carbocycles. The van der Waals surface area contributed by atoms with Crippen molar-refractivity contribution in [3.63, 3.8) is 0 Å². The molecule has 9 heteroatoms. The first-order chi connectivity index (χ1) is 13.5. The lowest BCUT2D eigenvalue weighted by Gasteiger charge is -2.09. The number of hydrogen-bond acceptors (Lipinski definition) is 6. The molecule has 2 heterocycles. The summed E-state index contributed by atoms with van der Waals surface area (Å²) in [5.41, 5.74) is 3.08. The second-order valence-electron chi connectivity index (χ2n) is 6.25. The second-order valence-corrected chi connectivity index (χ2v) is 8.00. The Morgan fingerprint density at radius 2 is 1.64 bits per heavy atom. The van der Waals surface area contributed by atoms with Gasteiger partial charge in [0.05, 0.1) is 11.8 Å². The molecule has 0 atom stereocenters. The Hall–Kier alpha value is -3.59. The van der Waals surface area contributed by atoms with Gasteiger partial charge in [-0.25, -0.2) is 13.4 Å². The molecule has 0 amide bonds. The molecular weight excluding hydrogens is 376 g/mol. The van der Waals surface area contributed by atoms with Crippen LogP contribution in [0.25, 0.3) is 10.9 Å². The van der Waals surface area contributed by atoms with Gasteiger partial charge < -0.3 is 10.6 Å². The van der Waals surface area contributed by atoms with Crippen LogP contribution < -0.4 is 15.4 Å². The lowest BCUT2D eigenvalue weighted by atomic mass is 10.2. The Balaban J connectivity index is 1.49. The van der Waals surface area contributed by atoms with Crippen molar-refractivity contribution >= 4 is 49.6 Å². The van der Waals surface area contributed by atoms with Crippen LogP contribution in [0.2, 0.25) is 0 Å². The summed E-state index contributed by atoms with van der Waals surface area (Å²) in [4.78, 5) is 4.32. The van der Waals surface area contributed by atoms with Crippen LogP contribution in [0.4, 0.5) is 28.7 Å². The van der Waals surface area contributed by atoms with Crippen LogP contribution in [0.5, 0.6) is 0 Å². The highest BCUT2D eigenvalue weighted by molar-refractivity contribution is 7.92. The molecule has 4 rings (SSSR count). The molecule has 0 unspecified atom stereocenters. The fraction of sp³-hybridized carbons (Fsp3) is 0.0526. The predicted octanol–water partition coefficient (Wildman–Crippen LogP) is 3.82. The molecule has 0 spiro atoms. The first-order valence-corrected chi connectivity index (χ1v) is 10.4. The van der Waals surface area contributed by atoms with E-state index in [4.69, 9.17) is 0 Å². The number of H-pyrrole nitrogens is 1. The maximum Gasteiger partial charge on any atom is 0.229 e. The largest absolute Gasteiger partial charge is 0.340 e. The lowest BCUT2D eigenvalue weighted by molar-refractivity contribution is 0.607. The highest BCUT2D eigenvalue weighted by atomic mass is 32.2. The summed E-state index contributed by atoms with van der Waals surface area (Å²) in [7, 11) is -3.29. The van der Waals surface area contributed by atoms with Gasteiger partial charge >= 0.3 is 0 Å². The molecule has 0 saturated heterocycles. The number of fused-ring (bicyclic) bond motifs is 1. The van der Waals surface area contributed by atoms with Crippen LogP contribution >= 0.6 is 0 Å². The molecule has 28 heavy (non-hydrogen) atoms. The van der Waals surface area contributed by atoms with Crippen molar-refractivity contribution in [1.82, 2.24) is 15.2 Å². The zero-order valence-electron chi connectivity index (χ0n) is 15.0. The van der Waals surface area contributed by atoms with Gasteiger partial charge in [-0.2, -0.15) is 5.10 Å². The number of nitrogens with zero attached hydrogens (tertiary/aromatic N) is 2. The van der Waals surface area contributed by atoms with E-state index in [9.17, 15) is 8.42 Å². The van der Waals surface area contributed by atoms with Gasteiger partial charge in [0, 0.05) is 34.7 Å². The summed E-state index contributed by atoms with van der Waals surface area (Å²) in [6.07, 6.45) is 2.81. The number of para-hydroxylation sites is 1. The van der Waals surface area contributed by atoms with E-state index in [2.05, 4.69) is 30.5 Å². The van der Waals surface area contributed by atoms with E-state index in [1.807, 2.05) is 36.4 Å². The number of benzene rings is 2. The Morgan fingerprint density at radius 3 is 2.43 bits per heavy atom. The van der Waals surface area contributed by atoms with E-state index >= 15 is 0 Å². The Kier molecular flexibility index (Phi) is 4.58. The smallest absolute Gasteiger partial charge is 0.229 e. The van der Waals surface area contributed by atoms with E-state index in [1.54, 1.807) is 30.5 Å². The third-order valence-electron chi connectivity index (χ3n) is 3.95. The van der Waals surface area contributed by atoms with Gasteiger partial charge in [0.15, 0.2) is 5.82 Å². The van der Waals surface area contributed by atoms with Gasteiger partial charge in [0.1, 0.15) is 5.82 Å². The molecule has 0 aliphatic rings. The third-order valence-corrected chi connectivity index (χ3v) is 4.56. The molecule has 2 aromatic heterocycles. The fourth-order valence-electron chi connectivity index (χ4n) is 2.76. The molecule has 0 aliphatic carbocycles. The summed E-state index contributed by atoms with van der Waals surface area (Å²) in [6, 6.07) is 18.5. The van der Waals surface area contributed by atoms with E-state index in [-0.39, 0.29) is 0 Å². The topological polar surface area (TPSA) is 112 Å². The minimum atomic E-state index is -3.29. The van der Waals surface area contributed by atoms with Crippen molar-refractivity contribution in [3.8, 4) is 0 Å². The van der Waals surface area contributed by atoms with Crippen molar-refractivity contribution in [2.24, 2.45) is 0 Å². The fourth-order valence-corrected chi connectivity index (χ4v) is 3.32. The second kappa shape index (κ2) is 7.20. The van der Waals surface area contributed by atoms with Crippen molar-refractivity contribution in [2.45, 2.75) is 0 Å². The molecule has 4 N–H and O–H groups in total. The molecule has 0 aliphatic heterocycles. The number of rotatable bonds is 6. The van der Waals surface area contributed by atoms with E-state index in [0.29, 0.717) is 11.5 Å². The van der Waals surface area contributed by atoms with Gasteiger partial charge in [-0.05, 0) is 42.5 Å². The minimum absolute atomic E-state index is 0.502. The summed E-state index contributed by atoms with van der Waals surface area (Å²) in [6.45, 7) is 0. The van der Waals surface area contributed by atoms with E-state index in [1.165, 1.54) is 0 Å². The van der Waals surface area contributed by atoms with Gasteiger partial charge in [-0.3, -0.25) is 9.82 Å². The molecule has 8 nitrogen and oxygen atoms in total. The monoisotopic (exact) mass is 394 g/mol. The Bertz CT molecular complexity index is 1220. The average Bonchev–Trinajstić information content (AvgIpc) is 3.06. The van der Waals surface area contributed by atoms with Crippen LogP contribution in [0.1, 0.15) is 0 Å². The first kappa shape index (κ1) is 17.8. The number of nitrogens with one attached hydrogen (secondary N) is 4. The van der Waals surface area contributed by atoms with Crippen LogP contribution in [-0.2, 0) is 10.0 Å². The van der Waals surface area contributed by atoms with Crippen LogP contribution in [0.15, 0.2) is 66.9 Å². The standard InChI is InChI=1S/C19H18N6O2S/c1-28(26,27)25-14-8-6-13(7-9-14)21-18-12-15(10-11-20-18)22-19-16-4-2-3-5-17(16)23-24-19/h2-12,25H,1H3,(H3,20,21,22,23,24). The Labute approximate surface area is 162 Å². The number of aromatic amines is 1.